The van der Waals surface area contributed by atoms with Gasteiger partial charge in [0.25, 0.3) is 0 Å². The SMILES string of the molecule is CC=CC(=O)Oc1cccc2ccccc12. The van der Waals surface area contributed by atoms with Crippen LogP contribution < -0.4 is 4.74 Å². The van der Waals surface area contributed by atoms with Gasteiger partial charge in [-0.2, -0.15) is 0 Å². The fourth-order valence-electron chi connectivity index (χ4n) is 1.56. The zero-order valence-corrected chi connectivity index (χ0v) is 9.01. The van der Waals surface area contributed by atoms with Crippen LogP contribution in [0.1, 0.15) is 6.92 Å². The van der Waals surface area contributed by atoms with Gasteiger partial charge in [-0.15, -0.1) is 0 Å². The van der Waals surface area contributed by atoms with Crippen molar-refractivity contribution in [1.29, 1.82) is 0 Å². The van der Waals surface area contributed by atoms with E-state index in [4.69, 9.17) is 4.74 Å². The van der Waals surface area contributed by atoms with E-state index in [-0.39, 0.29) is 5.97 Å². The van der Waals surface area contributed by atoms with Crippen LogP contribution >= 0.6 is 0 Å². The van der Waals surface area contributed by atoms with Crippen molar-refractivity contribution in [3.05, 3.63) is 54.6 Å². The van der Waals surface area contributed by atoms with Gasteiger partial charge >= 0.3 is 5.97 Å². The molecule has 80 valence electrons. The summed E-state index contributed by atoms with van der Waals surface area (Å²) in [5.41, 5.74) is 0. The summed E-state index contributed by atoms with van der Waals surface area (Å²) in [5, 5.41) is 2.01. The van der Waals surface area contributed by atoms with Gasteiger partial charge in [0.2, 0.25) is 0 Å². The van der Waals surface area contributed by atoms with E-state index >= 15 is 0 Å². The second-order valence-corrected chi connectivity index (χ2v) is 3.40. The molecule has 2 heteroatoms. The van der Waals surface area contributed by atoms with E-state index in [0.717, 1.165) is 10.8 Å². The molecule has 0 amide bonds. The molecule has 0 spiro atoms. The fraction of sp³-hybridized carbons (Fsp3) is 0.0714. The quantitative estimate of drug-likeness (QED) is 0.433. The molecule has 2 aromatic carbocycles. The van der Waals surface area contributed by atoms with Crippen molar-refractivity contribution in [3.8, 4) is 5.75 Å². The first-order valence-corrected chi connectivity index (χ1v) is 5.13. The van der Waals surface area contributed by atoms with Crippen LogP contribution in [-0.2, 0) is 4.79 Å². The zero-order chi connectivity index (χ0) is 11.4. The highest BCUT2D eigenvalue weighted by Crippen LogP contribution is 2.25. The van der Waals surface area contributed by atoms with Crippen molar-refractivity contribution in [1.82, 2.24) is 0 Å². The Balaban J connectivity index is 2.41. The molecule has 0 radical (unpaired) electrons. The van der Waals surface area contributed by atoms with Gasteiger partial charge in [0.1, 0.15) is 5.75 Å². The first-order chi connectivity index (χ1) is 7.81. The second kappa shape index (κ2) is 4.62. The van der Waals surface area contributed by atoms with Gasteiger partial charge in [0.05, 0.1) is 0 Å². The number of ether oxygens (including phenoxy) is 1. The van der Waals surface area contributed by atoms with Crippen LogP contribution in [0.25, 0.3) is 10.8 Å². The minimum absolute atomic E-state index is 0.348. The smallest absolute Gasteiger partial charge is 0.335 e. The molecule has 0 atom stereocenters. The molecule has 0 heterocycles. The van der Waals surface area contributed by atoms with Gasteiger partial charge < -0.3 is 4.74 Å². The standard InChI is InChI=1S/C14H12O2/c1-2-6-14(15)16-13-10-5-8-11-7-3-4-9-12(11)13/h2-10H,1H3. The summed E-state index contributed by atoms with van der Waals surface area (Å²) in [5.74, 6) is 0.250. The van der Waals surface area contributed by atoms with Crippen molar-refractivity contribution in [2.45, 2.75) is 6.92 Å². The molecule has 0 aliphatic carbocycles. The number of fused-ring (bicyclic) bond motifs is 1. The maximum Gasteiger partial charge on any atom is 0.335 e. The van der Waals surface area contributed by atoms with E-state index in [1.54, 1.807) is 19.1 Å². The Hall–Kier alpha value is -2.09. The molecule has 16 heavy (non-hydrogen) atoms. The lowest BCUT2D eigenvalue weighted by atomic mass is 10.1. The average Bonchev–Trinajstić information content (AvgIpc) is 2.30. The number of carbonyl (C=O) groups is 1. The zero-order valence-electron chi connectivity index (χ0n) is 9.01. The van der Waals surface area contributed by atoms with Crippen LogP contribution in [0.5, 0.6) is 5.75 Å². The number of allylic oxidation sites excluding steroid dienone is 1. The number of hydrogen-bond acceptors (Lipinski definition) is 2. The molecule has 0 aromatic heterocycles. The summed E-state index contributed by atoms with van der Waals surface area (Å²) in [7, 11) is 0. The molecule has 2 aromatic rings. The lowest BCUT2D eigenvalue weighted by Gasteiger charge is -2.05. The molecule has 2 nitrogen and oxygen atoms in total. The predicted octanol–water partition coefficient (Wildman–Crippen LogP) is 3.32. The van der Waals surface area contributed by atoms with Crippen LogP contribution in [0.15, 0.2) is 54.6 Å². The molecule has 0 aliphatic heterocycles. The summed E-state index contributed by atoms with van der Waals surface area (Å²) >= 11 is 0. The summed E-state index contributed by atoms with van der Waals surface area (Å²) in [6.45, 7) is 1.78. The molecule has 0 saturated heterocycles. The Bertz CT molecular complexity index is 536. The molecular weight excluding hydrogens is 200 g/mol. The third-order valence-electron chi connectivity index (χ3n) is 2.26. The summed E-state index contributed by atoms with van der Waals surface area (Å²) in [4.78, 5) is 11.3. The predicted molar refractivity (Wildman–Crippen MR) is 64.4 cm³/mol. The topological polar surface area (TPSA) is 26.3 Å². The molecule has 2 rings (SSSR count). The van der Waals surface area contributed by atoms with Gasteiger partial charge in [0.15, 0.2) is 0 Å². The third-order valence-corrected chi connectivity index (χ3v) is 2.26. The van der Waals surface area contributed by atoms with Crippen molar-refractivity contribution in [3.63, 3.8) is 0 Å². The average molecular weight is 212 g/mol. The second-order valence-electron chi connectivity index (χ2n) is 3.40. The summed E-state index contributed by atoms with van der Waals surface area (Å²) in [6.07, 6.45) is 3.06. The Labute approximate surface area is 94.2 Å². The molecular formula is C14H12O2. The van der Waals surface area contributed by atoms with Crippen LogP contribution in [-0.4, -0.2) is 5.97 Å². The summed E-state index contributed by atoms with van der Waals surface area (Å²) in [6, 6.07) is 13.5. The van der Waals surface area contributed by atoms with E-state index in [1.165, 1.54) is 6.08 Å². The minimum atomic E-state index is -0.348. The van der Waals surface area contributed by atoms with Gasteiger partial charge in [0, 0.05) is 11.5 Å². The van der Waals surface area contributed by atoms with Crippen LogP contribution in [0, 0.1) is 0 Å². The molecule has 0 fully saturated rings. The lowest BCUT2D eigenvalue weighted by molar-refractivity contribution is -0.128. The van der Waals surface area contributed by atoms with E-state index in [9.17, 15) is 4.79 Å². The number of rotatable bonds is 2. The molecule has 0 bridgehead atoms. The number of esters is 1. The third kappa shape index (κ3) is 2.11. The fourth-order valence-corrected chi connectivity index (χ4v) is 1.56. The minimum Gasteiger partial charge on any atom is -0.423 e. The van der Waals surface area contributed by atoms with Crippen LogP contribution in [0.3, 0.4) is 0 Å². The van der Waals surface area contributed by atoms with Gasteiger partial charge in [-0.1, -0.05) is 42.5 Å². The summed E-state index contributed by atoms with van der Waals surface area (Å²) < 4.78 is 5.24. The van der Waals surface area contributed by atoms with Gasteiger partial charge in [-0.3, -0.25) is 0 Å². The Morgan fingerprint density at radius 1 is 1.12 bits per heavy atom. The highest BCUT2D eigenvalue weighted by Gasteiger charge is 2.04. The van der Waals surface area contributed by atoms with Gasteiger partial charge in [-0.25, -0.2) is 4.79 Å². The highest BCUT2D eigenvalue weighted by atomic mass is 16.5. The number of benzene rings is 2. The maximum atomic E-state index is 11.3. The van der Waals surface area contributed by atoms with E-state index in [2.05, 4.69) is 0 Å². The lowest BCUT2D eigenvalue weighted by Crippen LogP contribution is -2.03. The molecule has 0 unspecified atom stereocenters. The monoisotopic (exact) mass is 212 g/mol. The van der Waals surface area contributed by atoms with E-state index in [1.807, 2.05) is 36.4 Å². The molecule has 0 saturated carbocycles. The Kier molecular flexibility index (Phi) is 3.01. The first kappa shape index (κ1) is 10.4. The maximum absolute atomic E-state index is 11.3. The number of hydrogen-bond donors (Lipinski definition) is 0. The Morgan fingerprint density at radius 3 is 2.69 bits per heavy atom. The van der Waals surface area contributed by atoms with Crippen molar-refractivity contribution in [2.75, 3.05) is 0 Å². The largest absolute Gasteiger partial charge is 0.423 e. The first-order valence-electron chi connectivity index (χ1n) is 5.13. The molecule has 0 N–H and O–H groups in total. The van der Waals surface area contributed by atoms with Crippen molar-refractivity contribution in [2.24, 2.45) is 0 Å². The normalized spacial score (nSPS) is 10.8. The van der Waals surface area contributed by atoms with Crippen molar-refractivity contribution < 1.29 is 9.53 Å². The van der Waals surface area contributed by atoms with Crippen LogP contribution in [0.2, 0.25) is 0 Å². The Morgan fingerprint density at radius 2 is 1.88 bits per heavy atom. The van der Waals surface area contributed by atoms with Gasteiger partial charge in [-0.05, 0) is 18.4 Å². The van der Waals surface area contributed by atoms with E-state index < -0.39 is 0 Å². The molecule has 0 aliphatic rings. The highest BCUT2D eigenvalue weighted by molar-refractivity contribution is 5.92. The van der Waals surface area contributed by atoms with Crippen LogP contribution in [0.4, 0.5) is 0 Å². The van der Waals surface area contributed by atoms with E-state index in [0.29, 0.717) is 5.75 Å². The number of carbonyl (C=O) groups excluding carboxylic acids is 1. The van der Waals surface area contributed by atoms with Crippen molar-refractivity contribution >= 4 is 16.7 Å².